The maximum Gasteiger partial charge on any atom is 0.241 e. The van der Waals surface area contributed by atoms with Crippen LogP contribution in [0.15, 0.2) is 48.7 Å². The number of rotatable bonds is 6. The van der Waals surface area contributed by atoms with Gasteiger partial charge < -0.3 is 15.0 Å². The summed E-state index contributed by atoms with van der Waals surface area (Å²) in [6.45, 7) is 3.62. The lowest BCUT2D eigenvalue weighted by Crippen LogP contribution is -2.49. The van der Waals surface area contributed by atoms with Crippen LogP contribution >= 0.6 is 0 Å². The van der Waals surface area contributed by atoms with Gasteiger partial charge in [0.1, 0.15) is 11.8 Å². The van der Waals surface area contributed by atoms with E-state index in [2.05, 4.69) is 21.2 Å². The van der Waals surface area contributed by atoms with E-state index < -0.39 is 0 Å². The summed E-state index contributed by atoms with van der Waals surface area (Å²) >= 11 is 0. The highest BCUT2D eigenvalue weighted by Gasteiger charge is 2.35. The van der Waals surface area contributed by atoms with Gasteiger partial charge in [-0.15, -0.1) is 0 Å². The SMILES string of the molecule is CCOc1ccccc1NC(=O)C1CCN(C(=O)C2CC(c3ccccn3)NN2)CC1. The normalized spacial score (nSPS) is 21.6. The molecule has 2 saturated heterocycles. The van der Waals surface area contributed by atoms with E-state index in [-0.39, 0.29) is 29.8 Å². The van der Waals surface area contributed by atoms with Gasteiger partial charge in [0.05, 0.1) is 24.0 Å². The molecule has 2 aliphatic heterocycles. The third-order valence-electron chi connectivity index (χ3n) is 5.87. The number of hydrogen-bond acceptors (Lipinski definition) is 6. The highest BCUT2D eigenvalue weighted by molar-refractivity contribution is 5.94. The van der Waals surface area contributed by atoms with Crippen LogP contribution in [-0.2, 0) is 9.59 Å². The fourth-order valence-electron chi connectivity index (χ4n) is 4.16. The second kappa shape index (κ2) is 9.89. The Hall–Kier alpha value is -2.97. The number of carbonyl (C=O) groups excluding carboxylic acids is 2. The summed E-state index contributed by atoms with van der Waals surface area (Å²) in [4.78, 5) is 31.9. The first-order chi connectivity index (χ1) is 15.2. The monoisotopic (exact) mass is 423 g/mol. The molecule has 2 atom stereocenters. The molecule has 2 unspecified atom stereocenters. The summed E-state index contributed by atoms with van der Waals surface area (Å²) < 4.78 is 5.59. The largest absolute Gasteiger partial charge is 0.492 e. The maximum atomic E-state index is 12.9. The second-order valence-corrected chi connectivity index (χ2v) is 7.90. The van der Waals surface area contributed by atoms with Crippen LogP contribution in [0, 0.1) is 5.92 Å². The van der Waals surface area contributed by atoms with Crippen molar-refractivity contribution in [2.24, 2.45) is 5.92 Å². The highest BCUT2D eigenvalue weighted by Crippen LogP contribution is 2.27. The maximum absolute atomic E-state index is 12.9. The smallest absolute Gasteiger partial charge is 0.241 e. The van der Waals surface area contributed by atoms with Crippen molar-refractivity contribution in [3.05, 3.63) is 54.4 Å². The van der Waals surface area contributed by atoms with Crippen molar-refractivity contribution in [1.82, 2.24) is 20.7 Å². The molecule has 0 saturated carbocycles. The number of likely N-dealkylation sites (tertiary alicyclic amines) is 1. The molecule has 1 aromatic heterocycles. The summed E-state index contributed by atoms with van der Waals surface area (Å²) in [5.41, 5.74) is 7.90. The number of nitrogens with one attached hydrogen (secondary N) is 3. The molecule has 3 N–H and O–H groups in total. The summed E-state index contributed by atoms with van der Waals surface area (Å²) in [5, 5.41) is 2.99. The summed E-state index contributed by atoms with van der Waals surface area (Å²) in [6, 6.07) is 13.0. The van der Waals surface area contributed by atoms with Crippen LogP contribution in [0.2, 0.25) is 0 Å². The zero-order chi connectivity index (χ0) is 21.6. The highest BCUT2D eigenvalue weighted by atomic mass is 16.5. The van der Waals surface area contributed by atoms with Crippen molar-refractivity contribution in [1.29, 1.82) is 0 Å². The van der Waals surface area contributed by atoms with E-state index in [9.17, 15) is 9.59 Å². The Kier molecular flexibility index (Phi) is 6.79. The number of amides is 2. The third-order valence-corrected chi connectivity index (χ3v) is 5.87. The second-order valence-electron chi connectivity index (χ2n) is 7.90. The number of carbonyl (C=O) groups is 2. The summed E-state index contributed by atoms with van der Waals surface area (Å²) in [6.07, 6.45) is 3.72. The Bertz CT molecular complexity index is 899. The number of nitrogens with zero attached hydrogens (tertiary/aromatic N) is 2. The van der Waals surface area contributed by atoms with Crippen molar-refractivity contribution in [3.8, 4) is 5.75 Å². The molecular weight excluding hydrogens is 394 g/mol. The number of ether oxygens (including phenoxy) is 1. The third kappa shape index (κ3) is 5.03. The number of hydrazine groups is 1. The van der Waals surface area contributed by atoms with Crippen LogP contribution in [0.1, 0.15) is 37.9 Å². The van der Waals surface area contributed by atoms with E-state index in [1.807, 2.05) is 54.3 Å². The van der Waals surface area contributed by atoms with E-state index in [4.69, 9.17) is 4.74 Å². The Morgan fingerprint density at radius 3 is 2.65 bits per heavy atom. The molecule has 0 spiro atoms. The van der Waals surface area contributed by atoms with Crippen molar-refractivity contribution in [2.75, 3.05) is 25.0 Å². The Labute approximate surface area is 182 Å². The lowest BCUT2D eigenvalue weighted by atomic mass is 9.95. The average molecular weight is 424 g/mol. The van der Waals surface area contributed by atoms with Crippen LogP contribution in [0.3, 0.4) is 0 Å². The van der Waals surface area contributed by atoms with E-state index in [0.29, 0.717) is 50.4 Å². The minimum absolute atomic E-state index is 0.0175. The minimum atomic E-state index is -0.282. The predicted molar refractivity (Wildman–Crippen MR) is 117 cm³/mol. The van der Waals surface area contributed by atoms with Gasteiger partial charge in [0.15, 0.2) is 0 Å². The van der Waals surface area contributed by atoms with Gasteiger partial charge in [0.2, 0.25) is 11.8 Å². The van der Waals surface area contributed by atoms with Crippen molar-refractivity contribution in [2.45, 2.75) is 38.3 Å². The molecule has 164 valence electrons. The minimum Gasteiger partial charge on any atom is -0.492 e. The number of pyridine rings is 1. The fourth-order valence-corrected chi connectivity index (χ4v) is 4.16. The van der Waals surface area contributed by atoms with Gasteiger partial charge in [-0.3, -0.25) is 14.6 Å². The predicted octanol–water partition coefficient (Wildman–Crippen LogP) is 2.27. The number of hydrogen-bond donors (Lipinski definition) is 3. The van der Waals surface area contributed by atoms with E-state index in [1.54, 1.807) is 6.20 Å². The molecule has 8 nitrogen and oxygen atoms in total. The Morgan fingerprint density at radius 2 is 1.90 bits per heavy atom. The zero-order valence-corrected chi connectivity index (χ0v) is 17.7. The van der Waals surface area contributed by atoms with Crippen LogP contribution in [-0.4, -0.2) is 47.4 Å². The molecule has 2 amide bonds. The molecule has 0 aliphatic carbocycles. The van der Waals surface area contributed by atoms with E-state index >= 15 is 0 Å². The topological polar surface area (TPSA) is 95.6 Å². The average Bonchev–Trinajstić information content (AvgIpc) is 3.31. The number of anilines is 1. The molecule has 4 rings (SSSR count). The fraction of sp³-hybridized carbons (Fsp3) is 0.435. The summed E-state index contributed by atoms with van der Waals surface area (Å²) in [5.74, 6) is 0.615. The zero-order valence-electron chi connectivity index (χ0n) is 17.7. The lowest BCUT2D eigenvalue weighted by Gasteiger charge is -2.33. The molecule has 2 fully saturated rings. The Balaban J connectivity index is 1.28. The van der Waals surface area contributed by atoms with Crippen molar-refractivity contribution >= 4 is 17.5 Å². The summed E-state index contributed by atoms with van der Waals surface area (Å²) in [7, 11) is 0. The van der Waals surface area contributed by atoms with Crippen LogP contribution < -0.4 is 20.9 Å². The first-order valence-corrected chi connectivity index (χ1v) is 10.9. The van der Waals surface area contributed by atoms with Crippen LogP contribution in [0.4, 0.5) is 5.69 Å². The van der Waals surface area contributed by atoms with Crippen LogP contribution in [0.25, 0.3) is 0 Å². The number of piperidine rings is 1. The van der Waals surface area contributed by atoms with Gasteiger partial charge in [-0.25, -0.2) is 10.9 Å². The molecule has 0 bridgehead atoms. The molecule has 0 radical (unpaired) electrons. The van der Waals surface area contributed by atoms with Gasteiger partial charge in [-0.05, 0) is 50.5 Å². The molecule has 2 aliphatic rings. The van der Waals surface area contributed by atoms with Crippen molar-refractivity contribution < 1.29 is 14.3 Å². The van der Waals surface area contributed by atoms with Crippen LogP contribution in [0.5, 0.6) is 5.75 Å². The number of aromatic nitrogens is 1. The van der Waals surface area contributed by atoms with Gasteiger partial charge in [-0.2, -0.15) is 0 Å². The molecular formula is C23H29N5O3. The van der Waals surface area contributed by atoms with E-state index in [0.717, 1.165) is 5.69 Å². The number of benzene rings is 1. The van der Waals surface area contributed by atoms with Gasteiger partial charge in [0, 0.05) is 25.2 Å². The Morgan fingerprint density at radius 1 is 1.13 bits per heavy atom. The molecule has 3 heterocycles. The molecule has 2 aromatic rings. The lowest BCUT2D eigenvalue weighted by molar-refractivity contribution is -0.136. The van der Waals surface area contributed by atoms with Gasteiger partial charge in [-0.1, -0.05) is 18.2 Å². The molecule has 31 heavy (non-hydrogen) atoms. The number of para-hydroxylation sites is 2. The quantitative estimate of drug-likeness (QED) is 0.660. The molecule has 1 aromatic carbocycles. The van der Waals surface area contributed by atoms with Crippen molar-refractivity contribution in [3.63, 3.8) is 0 Å². The standard InChI is InChI=1S/C23H29N5O3/c1-2-31-21-9-4-3-8-18(21)25-22(29)16-10-13-28(14-11-16)23(30)20-15-19(26-27-20)17-7-5-6-12-24-17/h3-9,12,16,19-20,26-27H,2,10-11,13-15H2,1H3,(H,25,29). The van der Waals surface area contributed by atoms with Gasteiger partial charge >= 0.3 is 0 Å². The first-order valence-electron chi connectivity index (χ1n) is 10.9. The van der Waals surface area contributed by atoms with Gasteiger partial charge in [0.25, 0.3) is 0 Å². The first kappa shape index (κ1) is 21.3. The molecule has 8 heteroatoms. The van der Waals surface area contributed by atoms with E-state index in [1.165, 1.54) is 0 Å².